The monoisotopic (exact) mass is 138 g/mol. The van der Waals surface area contributed by atoms with Gasteiger partial charge in [-0.15, -0.1) is 5.11 Å². The molecule has 0 aliphatic carbocycles. The zero-order chi connectivity index (χ0) is 7.40. The van der Waals surface area contributed by atoms with Crippen LogP contribution in [-0.2, 0) is 4.74 Å². The minimum Gasteiger partial charge on any atom is -0.472 e. The molecule has 0 amide bonds. The fraction of sp³-hybridized carbons (Fsp3) is 0.429. The molecule has 0 fully saturated rings. The van der Waals surface area contributed by atoms with Gasteiger partial charge in [0.15, 0.2) is 0 Å². The number of nitrogens with zero attached hydrogens (tertiary/aromatic N) is 1. The van der Waals surface area contributed by atoms with E-state index in [0.717, 1.165) is 12.0 Å². The van der Waals surface area contributed by atoms with Gasteiger partial charge in [0.25, 0.3) is 0 Å². The van der Waals surface area contributed by atoms with Crippen LogP contribution in [0.15, 0.2) is 28.7 Å². The molecule has 0 aromatic carbocycles. The highest BCUT2D eigenvalue weighted by molar-refractivity contribution is 5.23. The summed E-state index contributed by atoms with van der Waals surface area (Å²) < 4.78 is 5.07. The quantitative estimate of drug-likeness (QED) is 0.584. The van der Waals surface area contributed by atoms with E-state index in [0.29, 0.717) is 12.5 Å². The van der Waals surface area contributed by atoms with Gasteiger partial charge in [-0.2, -0.15) is 0 Å². The van der Waals surface area contributed by atoms with Gasteiger partial charge in [0.05, 0.1) is 0 Å². The molecule has 1 aliphatic rings. The van der Waals surface area contributed by atoms with Crippen LogP contribution in [0.3, 0.4) is 0 Å². The number of hydrogen-bond acceptors (Lipinski definition) is 3. The summed E-state index contributed by atoms with van der Waals surface area (Å²) in [5.41, 5.74) is 7.74. The predicted octanol–water partition coefficient (Wildman–Crippen LogP) is 2.23. The lowest BCUT2D eigenvalue weighted by Crippen LogP contribution is -1.98. The fourth-order valence-electron chi connectivity index (χ4n) is 0.855. The second kappa shape index (κ2) is 3.15. The molecular formula is C7H10N2O. The van der Waals surface area contributed by atoms with Crippen molar-refractivity contribution in [2.75, 3.05) is 6.61 Å². The van der Waals surface area contributed by atoms with Crippen LogP contribution >= 0.6 is 0 Å². The van der Waals surface area contributed by atoms with Crippen molar-refractivity contribution in [1.29, 1.82) is 5.53 Å². The molecule has 0 unspecified atom stereocenters. The van der Waals surface area contributed by atoms with E-state index in [1.807, 2.05) is 19.1 Å². The van der Waals surface area contributed by atoms with Gasteiger partial charge in [0, 0.05) is 5.57 Å². The van der Waals surface area contributed by atoms with E-state index in [2.05, 4.69) is 5.11 Å². The Morgan fingerprint density at radius 1 is 1.80 bits per heavy atom. The van der Waals surface area contributed by atoms with Crippen LogP contribution in [0, 0.1) is 5.53 Å². The number of nitrogens with one attached hydrogen (secondary N) is 1. The summed E-state index contributed by atoms with van der Waals surface area (Å²) in [5.74, 6) is 0.463. The zero-order valence-corrected chi connectivity index (χ0v) is 5.92. The Balaban J connectivity index is 2.83. The lowest BCUT2D eigenvalue weighted by atomic mass is 10.2. The van der Waals surface area contributed by atoms with E-state index in [1.54, 1.807) is 0 Å². The average molecular weight is 138 g/mol. The third-order valence-corrected chi connectivity index (χ3v) is 1.39. The first-order valence-corrected chi connectivity index (χ1v) is 3.28. The van der Waals surface area contributed by atoms with Crippen molar-refractivity contribution in [1.82, 2.24) is 0 Å². The molecule has 0 saturated heterocycles. The summed E-state index contributed by atoms with van der Waals surface area (Å²) in [6, 6.07) is 0. The van der Waals surface area contributed by atoms with E-state index in [-0.39, 0.29) is 0 Å². The van der Waals surface area contributed by atoms with E-state index in [9.17, 15) is 0 Å². The Morgan fingerprint density at radius 2 is 2.60 bits per heavy atom. The van der Waals surface area contributed by atoms with Crippen LogP contribution < -0.4 is 0 Å². The van der Waals surface area contributed by atoms with Crippen molar-refractivity contribution in [3.8, 4) is 0 Å². The minimum absolute atomic E-state index is 0.463. The molecular weight excluding hydrogens is 128 g/mol. The molecule has 1 aliphatic heterocycles. The third kappa shape index (κ3) is 1.23. The maximum absolute atomic E-state index is 6.74. The summed E-state index contributed by atoms with van der Waals surface area (Å²) in [4.78, 5) is 0. The molecule has 1 N–H and O–H groups in total. The second-order valence-corrected chi connectivity index (χ2v) is 2.01. The summed E-state index contributed by atoms with van der Waals surface area (Å²) in [6.45, 7) is 2.56. The molecule has 54 valence electrons. The van der Waals surface area contributed by atoms with Crippen LogP contribution in [-0.4, -0.2) is 6.61 Å². The third-order valence-electron chi connectivity index (χ3n) is 1.39. The summed E-state index contributed by atoms with van der Waals surface area (Å²) in [7, 11) is 0. The highest BCUT2D eigenvalue weighted by atomic mass is 16.5. The molecule has 10 heavy (non-hydrogen) atoms. The highest BCUT2D eigenvalue weighted by Crippen LogP contribution is 2.16. The van der Waals surface area contributed by atoms with Gasteiger partial charge >= 0.3 is 0 Å². The number of hydrogen-bond donors (Lipinski definition) is 1. The van der Waals surface area contributed by atoms with Crippen molar-refractivity contribution in [2.45, 2.75) is 13.3 Å². The average Bonchev–Trinajstić information content (AvgIpc) is 2.04. The summed E-state index contributed by atoms with van der Waals surface area (Å²) in [6.07, 6.45) is 4.75. The van der Waals surface area contributed by atoms with Gasteiger partial charge in [0.1, 0.15) is 6.61 Å². The second-order valence-electron chi connectivity index (χ2n) is 2.01. The van der Waals surface area contributed by atoms with Crippen molar-refractivity contribution in [2.24, 2.45) is 5.11 Å². The van der Waals surface area contributed by atoms with Gasteiger partial charge in [-0.05, 0) is 12.5 Å². The molecule has 3 heteroatoms. The molecule has 1 heterocycles. The first-order chi connectivity index (χ1) is 4.88. The van der Waals surface area contributed by atoms with Crippen LogP contribution in [0.2, 0.25) is 0 Å². The van der Waals surface area contributed by atoms with Crippen LogP contribution in [0.5, 0.6) is 0 Å². The van der Waals surface area contributed by atoms with Gasteiger partial charge in [-0.25, -0.2) is 5.53 Å². The Bertz CT molecular complexity index is 194. The molecule has 1 rings (SSSR count). The van der Waals surface area contributed by atoms with Crippen molar-refractivity contribution in [3.63, 3.8) is 0 Å². The largest absolute Gasteiger partial charge is 0.472 e. The Hall–Kier alpha value is -1.12. The van der Waals surface area contributed by atoms with Crippen LogP contribution in [0.25, 0.3) is 0 Å². The molecule has 0 radical (unpaired) electrons. The zero-order valence-electron chi connectivity index (χ0n) is 5.92. The Kier molecular flexibility index (Phi) is 2.20. The Labute approximate surface area is 59.9 Å². The smallest absolute Gasteiger partial charge is 0.236 e. The molecule has 0 spiro atoms. The van der Waals surface area contributed by atoms with E-state index < -0.39 is 0 Å². The molecule has 0 saturated carbocycles. The number of allylic oxidation sites excluding steroid dienone is 2. The maximum atomic E-state index is 6.74. The lowest BCUT2D eigenvalue weighted by Gasteiger charge is -2.09. The Morgan fingerprint density at radius 3 is 3.10 bits per heavy atom. The normalized spacial score (nSPS) is 16.9. The fourth-order valence-corrected chi connectivity index (χ4v) is 0.855. The van der Waals surface area contributed by atoms with Crippen LogP contribution in [0.1, 0.15) is 13.3 Å². The SMILES string of the molecule is CCC1=C(N=N)OCC=C1. The summed E-state index contributed by atoms with van der Waals surface area (Å²) in [5, 5.41) is 3.26. The predicted molar refractivity (Wildman–Crippen MR) is 37.6 cm³/mol. The van der Waals surface area contributed by atoms with Gasteiger partial charge in [0.2, 0.25) is 5.88 Å². The highest BCUT2D eigenvalue weighted by Gasteiger charge is 2.05. The van der Waals surface area contributed by atoms with E-state index >= 15 is 0 Å². The van der Waals surface area contributed by atoms with Crippen molar-refractivity contribution >= 4 is 0 Å². The van der Waals surface area contributed by atoms with E-state index in [1.165, 1.54) is 0 Å². The van der Waals surface area contributed by atoms with Crippen molar-refractivity contribution in [3.05, 3.63) is 23.6 Å². The van der Waals surface area contributed by atoms with Crippen LogP contribution in [0.4, 0.5) is 0 Å². The topological polar surface area (TPSA) is 45.4 Å². The minimum atomic E-state index is 0.463. The standard InChI is InChI=1S/C7H10N2O/c1-2-6-4-3-5-10-7(6)9-8/h3-4,8H,2,5H2,1H3. The molecule has 0 atom stereocenters. The number of rotatable bonds is 2. The van der Waals surface area contributed by atoms with Gasteiger partial charge in [-0.3, -0.25) is 0 Å². The van der Waals surface area contributed by atoms with Gasteiger partial charge in [-0.1, -0.05) is 13.0 Å². The van der Waals surface area contributed by atoms with Gasteiger partial charge < -0.3 is 4.74 Å². The molecule has 0 aromatic rings. The maximum Gasteiger partial charge on any atom is 0.236 e. The van der Waals surface area contributed by atoms with E-state index in [4.69, 9.17) is 10.3 Å². The van der Waals surface area contributed by atoms with Crippen molar-refractivity contribution < 1.29 is 4.74 Å². The summed E-state index contributed by atoms with van der Waals surface area (Å²) >= 11 is 0. The molecule has 0 aromatic heterocycles. The molecule has 0 bridgehead atoms. The first kappa shape index (κ1) is 6.99. The number of ether oxygens (including phenoxy) is 1. The molecule has 3 nitrogen and oxygen atoms in total. The first-order valence-electron chi connectivity index (χ1n) is 3.28. The lowest BCUT2D eigenvalue weighted by molar-refractivity contribution is 0.231.